The lowest BCUT2D eigenvalue weighted by Crippen LogP contribution is -2.45. The van der Waals surface area contributed by atoms with Gasteiger partial charge in [0.25, 0.3) is 0 Å². The summed E-state index contributed by atoms with van der Waals surface area (Å²) in [5, 5.41) is 9.74. The molecule has 1 aromatic carbocycles. The summed E-state index contributed by atoms with van der Waals surface area (Å²) in [5.74, 6) is 0.390. The van der Waals surface area contributed by atoms with Gasteiger partial charge < -0.3 is 19.9 Å². The minimum atomic E-state index is -4.44. The number of hydrogen-bond donors (Lipinski definition) is 2. The number of carbonyl (C=O) groups excluding carboxylic acids is 2. The summed E-state index contributed by atoms with van der Waals surface area (Å²) < 4.78 is 48.8. The zero-order chi connectivity index (χ0) is 24.6. The summed E-state index contributed by atoms with van der Waals surface area (Å²) in [4.78, 5) is 28.4. The number of rotatable bonds is 9. The van der Waals surface area contributed by atoms with E-state index in [4.69, 9.17) is 9.26 Å². The van der Waals surface area contributed by atoms with E-state index in [0.717, 1.165) is 50.7 Å². The first-order valence-corrected chi connectivity index (χ1v) is 11.4. The lowest BCUT2D eigenvalue weighted by atomic mass is 9.89. The third-order valence-electron chi connectivity index (χ3n) is 5.69. The van der Waals surface area contributed by atoms with Gasteiger partial charge in [0, 0.05) is 19.8 Å². The average molecular weight is 483 g/mol. The normalized spacial score (nSPS) is 15.9. The third-order valence-corrected chi connectivity index (χ3v) is 5.69. The summed E-state index contributed by atoms with van der Waals surface area (Å²) in [6.45, 7) is 1.63. The van der Waals surface area contributed by atoms with Crippen molar-refractivity contribution in [3.8, 4) is 5.75 Å². The third kappa shape index (κ3) is 7.19. The van der Waals surface area contributed by atoms with Crippen LogP contribution in [0.3, 0.4) is 0 Å². The van der Waals surface area contributed by atoms with Crippen LogP contribution in [0.1, 0.15) is 69.1 Å². The highest BCUT2D eigenvalue weighted by atomic mass is 19.4. The molecule has 1 aliphatic rings. The number of nitrogens with zero attached hydrogens (tertiary/aromatic N) is 2. The smallest absolute Gasteiger partial charge is 0.416 e. The van der Waals surface area contributed by atoms with E-state index in [1.165, 1.54) is 19.1 Å². The van der Waals surface area contributed by atoms with Gasteiger partial charge in [-0.1, -0.05) is 36.9 Å². The number of nitrogens with one attached hydrogen (secondary N) is 2. The van der Waals surface area contributed by atoms with Gasteiger partial charge in [0.15, 0.2) is 5.82 Å². The van der Waals surface area contributed by atoms with Crippen molar-refractivity contribution >= 4 is 11.8 Å². The molecule has 2 amide bonds. The topological polar surface area (TPSA) is 106 Å². The number of alkyl halides is 3. The Kier molecular flexibility index (Phi) is 8.51. The number of ether oxygens (including phenoxy) is 1. The van der Waals surface area contributed by atoms with Crippen LogP contribution >= 0.6 is 0 Å². The Labute approximate surface area is 195 Å². The molecular weight excluding hydrogens is 453 g/mol. The standard InChI is InChI=1S/C23H29F3N4O4/c1-16(31)29-22(11-4-2-3-5-12-22)21-28-20(34-30-21)10-9-19(32)27-13-14-33-18-8-6-7-17(15-18)23(24,25)26/h6-8,15H,2-5,9-14H2,1H3,(H,27,32)(H,29,31). The number of amides is 2. The SMILES string of the molecule is CC(=O)NC1(c2noc(CCC(=O)NCCOc3cccc(C(F)(F)F)c3)n2)CCCCCC1. The Bertz CT molecular complexity index is 969. The first-order chi connectivity index (χ1) is 16.2. The fraction of sp³-hybridized carbons (Fsp3) is 0.565. The Hall–Kier alpha value is -3.11. The molecule has 1 fully saturated rings. The molecular formula is C23H29F3N4O4. The van der Waals surface area contributed by atoms with Gasteiger partial charge in [0.1, 0.15) is 17.9 Å². The molecule has 0 spiro atoms. The fourth-order valence-corrected chi connectivity index (χ4v) is 4.05. The van der Waals surface area contributed by atoms with Crippen molar-refractivity contribution in [1.29, 1.82) is 0 Å². The van der Waals surface area contributed by atoms with E-state index in [0.29, 0.717) is 11.7 Å². The van der Waals surface area contributed by atoms with Crippen molar-refractivity contribution in [2.45, 2.75) is 70.0 Å². The summed E-state index contributed by atoms with van der Waals surface area (Å²) in [6, 6.07) is 4.56. The summed E-state index contributed by atoms with van der Waals surface area (Å²) in [6.07, 6.45) is 1.43. The molecule has 1 aromatic heterocycles. The molecule has 0 unspecified atom stereocenters. The molecule has 186 valence electrons. The predicted octanol–water partition coefficient (Wildman–Crippen LogP) is 3.90. The van der Waals surface area contributed by atoms with Crippen LogP contribution in [0, 0.1) is 0 Å². The lowest BCUT2D eigenvalue weighted by Gasteiger charge is -2.30. The molecule has 0 saturated heterocycles. The molecule has 1 aliphatic carbocycles. The van der Waals surface area contributed by atoms with Crippen molar-refractivity contribution in [1.82, 2.24) is 20.8 Å². The molecule has 1 saturated carbocycles. The highest BCUT2D eigenvalue weighted by Gasteiger charge is 2.38. The van der Waals surface area contributed by atoms with E-state index in [2.05, 4.69) is 20.8 Å². The zero-order valence-electron chi connectivity index (χ0n) is 19.0. The van der Waals surface area contributed by atoms with Gasteiger partial charge in [-0.3, -0.25) is 9.59 Å². The van der Waals surface area contributed by atoms with Gasteiger partial charge in [-0.05, 0) is 31.0 Å². The van der Waals surface area contributed by atoms with Crippen molar-refractivity contribution in [2.24, 2.45) is 0 Å². The van der Waals surface area contributed by atoms with E-state index in [1.807, 2.05) is 0 Å². The number of hydrogen-bond acceptors (Lipinski definition) is 6. The van der Waals surface area contributed by atoms with Gasteiger partial charge in [0.05, 0.1) is 12.1 Å². The van der Waals surface area contributed by atoms with Crippen LogP contribution < -0.4 is 15.4 Å². The second-order valence-electron chi connectivity index (χ2n) is 8.41. The maximum absolute atomic E-state index is 12.7. The Morgan fingerprint density at radius 3 is 2.59 bits per heavy atom. The van der Waals surface area contributed by atoms with E-state index < -0.39 is 17.3 Å². The highest BCUT2D eigenvalue weighted by Crippen LogP contribution is 2.35. The zero-order valence-corrected chi connectivity index (χ0v) is 19.0. The molecule has 2 aromatic rings. The number of carbonyl (C=O) groups is 2. The van der Waals surface area contributed by atoms with Gasteiger partial charge in [-0.25, -0.2) is 0 Å². The molecule has 2 N–H and O–H groups in total. The highest BCUT2D eigenvalue weighted by molar-refractivity contribution is 5.76. The number of aromatic nitrogens is 2. The average Bonchev–Trinajstić information content (AvgIpc) is 3.15. The quantitative estimate of drug-likeness (QED) is 0.415. The van der Waals surface area contributed by atoms with Gasteiger partial charge >= 0.3 is 6.18 Å². The second kappa shape index (κ2) is 11.3. The molecule has 1 heterocycles. The van der Waals surface area contributed by atoms with E-state index in [-0.39, 0.29) is 43.6 Å². The summed E-state index contributed by atoms with van der Waals surface area (Å²) in [7, 11) is 0. The molecule has 0 aliphatic heterocycles. The lowest BCUT2D eigenvalue weighted by molar-refractivity contribution is -0.137. The molecule has 0 bridgehead atoms. The maximum Gasteiger partial charge on any atom is 0.416 e. The van der Waals surface area contributed by atoms with Crippen LogP contribution in [0.15, 0.2) is 28.8 Å². The minimum Gasteiger partial charge on any atom is -0.492 e. The van der Waals surface area contributed by atoms with E-state index >= 15 is 0 Å². The first kappa shape index (κ1) is 25.5. The van der Waals surface area contributed by atoms with Crippen LogP contribution in [-0.2, 0) is 27.7 Å². The Balaban J connectivity index is 1.45. The Morgan fingerprint density at radius 1 is 1.18 bits per heavy atom. The summed E-state index contributed by atoms with van der Waals surface area (Å²) >= 11 is 0. The van der Waals surface area contributed by atoms with Gasteiger partial charge in [-0.15, -0.1) is 0 Å². The van der Waals surface area contributed by atoms with Crippen LogP contribution in [0.5, 0.6) is 5.75 Å². The largest absolute Gasteiger partial charge is 0.492 e. The molecule has 3 rings (SSSR count). The minimum absolute atomic E-state index is 0.0248. The number of halogens is 3. The van der Waals surface area contributed by atoms with Gasteiger partial charge in [-0.2, -0.15) is 18.2 Å². The Morgan fingerprint density at radius 2 is 1.91 bits per heavy atom. The number of aryl methyl sites for hydroxylation is 1. The first-order valence-electron chi connectivity index (χ1n) is 11.4. The molecule has 0 radical (unpaired) electrons. The van der Waals surface area contributed by atoms with Crippen molar-refractivity contribution < 1.29 is 32.0 Å². The van der Waals surface area contributed by atoms with Crippen LogP contribution in [0.25, 0.3) is 0 Å². The predicted molar refractivity (Wildman–Crippen MR) is 116 cm³/mol. The van der Waals surface area contributed by atoms with Crippen molar-refractivity contribution in [3.63, 3.8) is 0 Å². The second-order valence-corrected chi connectivity index (χ2v) is 8.41. The number of benzene rings is 1. The molecule has 8 nitrogen and oxygen atoms in total. The van der Waals surface area contributed by atoms with Crippen LogP contribution in [0.4, 0.5) is 13.2 Å². The molecule has 34 heavy (non-hydrogen) atoms. The van der Waals surface area contributed by atoms with Crippen molar-refractivity contribution in [3.05, 3.63) is 41.5 Å². The summed E-state index contributed by atoms with van der Waals surface area (Å²) in [5.41, 5.74) is -1.44. The van der Waals surface area contributed by atoms with E-state index in [9.17, 15) is 22.8 Å². The van der Waals surface area contributed by atoms with E-state index in [1.54, 1.807) is 0 Å². The molecule has 0 atom stereocenters. The monoisotopic (exact) mass is 482 g/mol. The van der Waals surface area contributed by atoms with Crippen LogP contribution in [0.2, 0.25) is 0 Å². The fourth-order valence-electron chi connectivity index (χ4n) is 4.05. The van der Waals surface area contributed by atoms with Gasteiger partial charge in [0.2, 0.25) is 17.7 Å². The van der Waals surface area contributed by atoms with Crippen LogP contribution in [-0.4, -0.2) is 35.1 Å². The van der Waals surface area contributed by atoms with Crippen molar-refractivity contribution in [2.75, 3.05) is 13.2 Å². The molecule has 11 heteroatoms. The maximum atomic E-state index is 12.7.